The molecule has 0 rings (SSSR count). The van der Waals surface area contributed by atoms with Gasteiger partial charge in [-0.1, -0.05) is 93.0 Å². The smallest absolute Gasteiger partial charge is 0.306 e. The second-order valence-corrected chi connectivity index (χ2v) is 7.66. The maximum atomic E-state index is 11.6. The summed E-state index contributed by atoms with van der Waals surface area (Å²) < 4.78 is 5.81. The normalized spacial score (nSPS) is 12.6. The minimum absolute atomic E-state index is 0.0823. The largest absolute Gasteiger partial charge is 0.459 e. The van der Waals surface area contributed by atoms with E-state index >= 15 is 0 Å². The average Bonchev–Trinajstić information content (AvgIpc) is 2.62. The molecular weight excluding hydrogens is 427 g/mol. The summed E-state index contributed by atoms with van der Waals surface area (Å²) in [5.74, 6) is -0.173. The zero-order valence-corrected chi connectivity index (χ0v) is 18.3. The lowest BCUT2D eigenvalue weighted by atomic mass is 10.1. The van der Waals surface area contributed by atoms with Crippen LogP contribution in [0.1, 0.15) is 96.8 Å². The summed E-state index contributed by atoms with van der Waals surface area (Å²) >= 11 is 2.12. The molecule has 0 spiro atoms. The number of unbranched alkanes of at least 4 members (excludes halogenated alkanes) is 11. The zero-order valence-electron chi connectivity index (χ0n) is 16.2. The van der Waals surface area contributed by atoms with Crippen LogP contribution in [0.15, 0.2) is 12.2 Å². The molecule has 0 heterocycles. The van der Waals surface area contributed by atoms with Crippen molar-refractivity contribution in [1.82, 2.24) is 0 Å². The summed E-state index contributed by atoms with van der Waals surface area (Å²) in [6.45, 7) is 2.18. The summed E-state index contributed by atoms with van der Waals surface area (Å²) in [5.41, 5.74) is 0. The quantitative estimate of drug-likeness (QED) is 0.0840. The molecule has 0 aromatic heterocycles. The number of rotatable bonds is 18. The molecule has 0 aliphatic rings. The summed E-state index contributed by atoms with van der Waals surface area (Å²) in [4.78, 5) is 11.6. The average molecular weight is 466 g/mol. The van der Waals surface area contributed by atoms with E-state index in [1.165, 1.54) is 70.6 Å². The fourth-order valence-electron chi connectivity index (χ4n) is 2.70. The van der Waals surface area contributed by atoms with Crippen LogP contribution in [0.4, 0.5) is 0 Å². The number of aliphatic hydroxyl groups is 1. The van der Waals surface area contributed by atoms with Crippen molar-refractivity contribution in [3.05, 3.63) is 12.2 Å². The first-order valence-corrected chi connectivity index (χ1v) is 11.8. The third-order valence-electron chi connectivity index (χ3n) is 4.32. The highest BCUT2D eigenvalue weighted by Gasteiger charge is 2.11. The molecule has 1 N–H and O–H groups in total. The van der Waals surface area contributed by atoms with E-state index in [4.69, 9.17) is 9.84 Å². The molecule has 1 unspecified atom stereocenters. The van der Waals surface area contributed by atoms with Gasteiger partial charge in [-0.2, -0.15) is 0 Å². The number of halogens is 1. The van der Waals surface area contributed by atoms with Crippen molar-refractivity contribution in [2.75, 3.05) is 11.0 Å². The lowest BCUT2D eigenvalue weighted by Gasteiger charge is -2.12. The minimum Gasteiger partial charge on any atom is -0.459 e. The molecule has 1 atom stereocenters. The van der Waals surface area contributed by atoms with E-state index in [0.717, 1.165) is 12.8 Å². The number of carbonyl (C=O) groups is 1. The Morgan fingerprint density at radius 1 is 0.920 bits per heavy atom. The molecular formula is C21H39IO3. The van der Waals surface area contributed by atoms with Gasteiger partial charge in [0, 0.05) is 10.8 Å². The van der Waals surface area contributed by atoms with Crippen molar-refractivity contribution < 1.29 is 14.6 Å². The fourth-order valence-corrected chi connectivity index (χ4v) is 3.16. The Bertz CT molecular complexity index is 314. The van der Waals surface area contributed by atoms with Crippen LogP contribution < -0.4 is 0 Å². The zero-order chi connectivity index (χ0) is 18.6. The molecule has 0 radical (unpaired) electrons. The van der Waals surface area contributed by atoms with E-state index in [-0.39, 0.29) is 18.7 Å². The van der Waals surface area contributed by atoms with Crippen LogP contribution in [-0.2, 0) is 9.53 Å². The van der Waals surface area contributed by atoms with Crippen molar-refractivity contribution in [3.8, 4) is 0 Å². The van der Waals surface area contributed by atoms with Crippen molar-refractivity contribution >= 4 is 28.6 Å². The SMILES string of the molecule is CCCCCCCC/C=C\CCCCCCCC(=O)OC(CO)CI. The molecule has 4 heteroatoms. The number of ether oxygens (including phenoxy) is 1. The predicted octanol–water partition coefficient (Wildman–Crippen LogP) is 6.36. The maximum absolute atomic E-state index is 11.6. The van der Waals surface area contributed by atoms with Gasteiger partial charge in [0.2, 0.25) is 0 Å². The monoisotopic (exact) mass is 466 g/mol. The first kappa shape index (κ1) is 24.9. The molecule has 3 nitrogen and oxygen atoms in total. The van der Waals surface area contributed by atoms with Crippen molar-refractivity contribution in [2.24, 2.45) is 0 Å². The van der Waals surface area contributed by atoms with E-state index in [1.807, 2.05) is 0 Å². The Kier molecular flexibility index (Phi) is 20.1. The second-order valence-electron chi connectivity index (χ2n) is 6.78. The third-order valence-corrected chi connectivity index (χ3v) is 5.30. The highest BCUT2D eigenvalue weighted by Crippen LogP contribution is 2.10. The first-order chi connectivity index (χ1) is 12.2. The van der Waals surface area contributed by atoms with Gasteiger partial charge in [-0.15, -0.1) is 0 Å². The topological polar surface area (TPSA) is 46.5 Å². The standard InChI is InChI=1S/C21H39IO3/c1-2-3-4-5-6-7-8-9-10-11-12-13-14-15-16-17-21(24)25-20(18-22)19-23/h9-10,20,23H,2-8,11-19H2,1H3/b10-9-. The van der Waals surface area contributed by atoms with Gasteiger partial charge < -0.3 is 9.84 Å². The van der Waals surface area contributed by atoms with Crippen molar-refractivity contribution in [1.29, 1.82) is 0 Å². The summed E-state index contributed by atoms with van der Waals surface area (Å²) in [5, 5.41) is 8.99. The van der Waals surface area contributed by atoms with Crippen LogP contribution in [-0.4, -0.2) is 28.2 Å². The maximum Gasteiger partial charge on any atom is 0.306 e. The van der Waals surface area contributed by atoms with Gasteiger partial charge in [0.1, 0.15) is 6.10 Å². The van der Waals surface area contributed by atoms with Gasteiger partial charge in [-0.25, -0.2) is 0 Å². The van der Waals surface area contributed by atoms with Gasteiger partial charge in [0.25, 0.3) is 0 Å². The number of hydrogen-bond donors (Lipinski definition) is 1. The second kappa shape index (κ2) is 20.2. The van der Waals surface area contributed by atoms with Crippen LogP contribution in [0.3, 0.4) is 0 Å². The Labute approximate surface area is 169 Å². The molecule has 0 aliphatic heterocycles. The highest BCUT2D eigenvalue weighted by atomic mass is 127. The molecule has 0 saturated carbocycles. The van der Waals surface area contributed by atoms with Crippen LogP contribution in [0.2, 0.25) is 0 Å². The molecule has 0 aromatic rings. The lowest BCUT2D eigenvalue weighted by molar-refractivity contribution is -0.149. The van der Waals surface area contributed by atoms with E-state index in [0.29, 0.717) is 10.8 Å². The molecule has 0 aromatic carbocycles. The molecule has 0 amide bonds. The fraction of sp³-hybridized carbons (Fsp3) is 0.857. The predicted molar refractivity (Wildman–Crippen MR) is 115 cm³/mol. The van der Waals surface area contributed by atoms with Crippen LogP contribution in [0.25, 0.3) is 0 Å². The van der Waals surface area contributed by atoms with Gasteiger partial charge in [-0.3, -0.25) is 4.79 Å². The molecule has 0 bridgehead atoms. The number of allylic oxidation sites excluding steroid dienone is 2. The Hall–Kier alpha value is -0.100. The molecule has 148 valence electrons. The van der Waals surface area contributed by atoms with Gasteiger partial charge in [0.05, 0.1) is 6.61 Å². The Morgan fingerprint density at radius 2 is 1.44 bits per heavy atom. The van der Waals surface area contributed by atoms with Crippen molar-refractivity contribution in [3.63, 3.8) is 0 Å². The van der Waals surface area contributed by atoms with Crippen molar-refractivity contribution in [2.45, 2.75) is 103 Å². The molecule has 0 fully saturated rings. The van der Waals surface area contributed by atoms with E-state index in [2.05, 4.69) is 41.7 Å². The molecule has 25 heavy (non-hydrogen) atoms. The van der Waals surface area contributed by atoms with E-state index in [9.17, 15) is 4.79 Å². The molecule has 0 aliphatic carbocycles. The number of carbonyl (C=O) groups excluding carboxylic acids is 1. The first-order valence-electron chi connectivity index (χ1n) is 10.3. The number of esters is 1. The Morgan fingerprint density at radius 3 is 1.96 bits per heavy atom. The highest BCUT2D eigenvalue weighted by molar-refractivity contribution is 14.1. The summed E-state index contributed by atoms with van der Waals surface area (Å²) in [6, 6.07) is 0. The number of alkyl halides is 1. The summed E-state index contributed by atoms with van der Waals surface area (Å²) in [7, 11) is 0. The van der Waals surface area contributed by atoms with E-state index < -0.39 is 0 Å². The Balaban J connectivity index is 3.28. The van der Waals surface area contributed by atoms with Gasteiger partial charge >= 0.3 is 5.97 Å². The molecule has 0 saturated heterocycles. The third kappa shape index (κ3) is 18.5. The number of hydrogen-bond acceptors (Lipinski definition) is 3. The lowest BCUT2D eigenvalue weighted by Crippen LogP contribution is -2.23. The van der Waals surface area contributed by atoms with Crippen LogP contribution >= 0.6 is 22.6 Å². The van der Waals surface area contributed by atoms with E-state index in [1.54, 1.807) is 0 Å². The summed E-state index contributed by atoms with van der Waals surface area (Å²) in [6.07, 6.45) is 21.1. The van der Waals surface area contributed by atoms with Gasteiger partial charge in [-0.05, 0) is 32.1 Å². The minimum atomic E-state index is -0.337. The van der Waals surface area contributed by atoms with Crippen LogP contribution in [0, 0.1) is 0 Å². The van der Waals surface area contributed by atoms with Crippen LogP contribution in [0.5, 0.6) is 0 Å². The number of aliphatic hydroxyl groups excluding tert-OH is 1. The van der Waals surface area contributed by atoms with Gasteiger partial charge in [0.15, 0.2) is 0 Å².